The molecular formula is C35H50. The monoisotopic (exact) mass is 470 g/mol. The standard InChI is InChI=1S/C35H50/c1-4-7-9-10-11-15-29-19-24-31(25-20-29)32-26-21-30(22-27-32)23-28-34-17-12-13-18-35(34)33(14-6-3)16-8-5-2/h12-13,17-20,24-25,30,32-33H,4-11,14-16,21-22,26-27H2,1-3H3/t30-,32-,33?. The van der Waals surface area contributed by atoms with Crippen LogP contribution in [-0.2, 0) is 6.42 Å². The number of hydrogen-bond donors (Lipinski definition) is 0. The predicted molar refractivity (Wildman–Crippen MR) is 154 cm³/mol. The third-order valence-electron chi connectivity index (χ3n) is 8.10. The number of aryl methyl sites for hydroxylation is 1. The fourth-order valence-electron chi connectivity index (χ4n) is 5.86. The molecule has 1 unspecified atom stereocenters. The topological polar surface area (TPSA) is 0 Å². The first-order valence-electron chi connectivity index (χ1n) is 14.9. The summed E-state index contributed by atoms with van der Waals surface area (Å²) in [6, 6.07) is 18.6. The van der Waals surface area contributed by atoms with E-state index in [-0.39, 0.29) is 0 Å². The van der Waals surface area contributed by atoms with E-state index in [1.54, 1.807) is 5.56 Å². The van der Waals surface area contributed by atoms with Gasteiger partial charge in [0.15, 0.2) is 0 Å². The van der Waals surface area contributed by atoms with Crippen LogP contribution in [0, 0.1) is 17.8 Å². The first-order chi connectivity index (χ1) is 17.2. The minimum absolute atomic E-state index is 0.557. The molecule has 1 fully saturated rings. The Labute approximate surface area is 217 Å². The van der Waals surface area contributed by atoms with Crippen molar-refractivity contribution in [1.82, 2.24) is 0 Å². The molecule has 2 aromatic carbocycles. The average molecular weight is 471 g/mol. The van der Waals surface area contributed by atoms with Crippen LogP contribution < -0.4 is 0 Å². The Hall–Kier alpha value is -2.00. The third-order valence-corrected chi connectivity index (χ3v) is 8.10. The van der Waals surface area contributed by atoms with E-state index in [4.69, 9.17) is 0 Å². The Morgan fingerprint density at radius 2 is 1.43 bits per heavy atom. The zero-order valence-corrected chi connectivity index (χ0v) is 23.0. The molecule has 190 valence electrons. The maximum atomic E-state index is 3.70. The maximum absolute atomic E-state index is 3.70. The third kappa shape index (κ3) is 9.18. The first kappa shape index (κ1) is 27.6. The smallest absolute Gasteiger partial charge is 0.0280 e. The van der Waals surface area contributed by atoms with Crippen molar-refractivity contribution < 1.29 is 0 Å². The van der Waals surface area contributed by atoms with E-state index >= 15 is 0 Å². The fraction of sp³-hybridized carbons (Fsp3) is 0.600. The molecule has 0 bridgehead atoms. The highest BCUT2D eigenvalue weighted by Crippen LogP contribution is 2.36. The van der Waals surface area contributed by atoms with Gasteiger partial charge in [-0.1, -0.05) is 120 Å². The number of hydrogen-bond acceptors (Lipinski definition) is 0. The van der Waals surface area contributed by atoms with Crippen LogP contribution in [-0.4, -0.2) is 0 Å². The van der Waals surface area contributed by atoms with Crippen LogP contribution in [0.3, 0.4) is 0 Å². The van der Waals surface area contributed by atoms with E-state index in [2.05, 4.69) is 81.1 Å². The second-order valence-electron chi connectivity index (χ2n) is 10.9. The molecule has 0 aliphatic heterocycles. The van der Waals surface area contributed by atoms with Crippen LogP contribution in [0.25, 0.3) is 0 Å². The number of unbranched alkanes of at least 4 members (excludes halogenated alkanes) is 5. The lowest BCUT2D eigenvalue weighted by Crippen LogP contribution is -2.12. The van der Waals surface area contributed by atoms with Gasteiger partial charge in [0.1, 0.15) is 0 Å². The van der Waals surface area contributed by atoms with Crippen molar-refractivity contribution in [3.05, 3.63) is 70.8 Å². The lowest BCUT2D eigenvalue weighted by Gasteiger charge is -2.26. The van der Waals surface area contributed by atoms with E-state index in [1.807, 2.05) is 0 Å². The first-order valence-corrected chi connectivity index (χ1v) is 14.9. The summed E-state index contributed by atoms with van der Waals surface area (Å²) >= 11 is 0. The Morgan fingerprint density at radius 1 is 0.714 bits per heavy atom. The van der Waals surface area contributed by atoms with Gasteiger partial charge in [0.2, 0.25) is 0 Å². The van der Waals surface area contributed by atoms with Gasteiger partial charge < -0.3 is 0 Å². The van der Waals surface area contributed by atoms with Crippen molar-refractivity contribution in [3.8, 4) is 11.8 Å². The molecule has 0 N–H and O–H groups in total. The molecule has 0 heteroatoms. The summed E-state index contributed by atoms with van der Waals surface area (Å²) in [7, 11) is 0. The lowest BCUT2D eigenvalue weighted by molar-refractivity contribution is 0.384. The molecule has 35 heavy (non-hydrogen) atoms. The van der Waals surface area contributed by atoms with Crippen LogP contribution in [0.2, 0.25) is 0 Å². The van der Waals surface area contributed by atoms with Crippen molar-refractivity contribution >= 4 is 0 Å². The molecule has 3 rings (SSSR count). The molecule has 0 amide bonds. The van der Waals surface area contributed by atoms with Crippen LogP contribution in [0.4, 0.5) is 0 Å². The molecule has 0 heterocycles. The summed E-state index contributed by atoms with van der Waals surface area (Å²) in [5.74, 6) is 9.29. The van der Waals surface area contributed by atoms with Gasteiger partial charge in [0.25, 0.3) is 0 Å². The van der Waals surface area contributed by atoms with Crippen LogP contribution in [0.1, 0.15) is 145 Å². The minimum Gasteiger partial charge on any atom is -0.0945 e. The lowest BCUT2D eigenvalue weighted by atomic mass is 9.78. The summed E-state index contributed by atoms with van der Waals surface area (Å²) in [4.78, 5) is 0. The van der Waals surface area contributed by atoms with E-state index in [0.717, 1.165) is 5.92 Å². The largest absolute Gasteiger partial charge is 0.0945 e. The molecule has 1 atom stereocenters. The van der Waals surface area contributed by atoms with Gasteiger partial charge in [0.05, 0.1) is 0 Å². The summed E-state index contributed by atoms with van der Waals surface area (Å²) in [5, 5.41) is 0. The summed E-state index contributed by atoms with van der Waals surface area (Å²) < 4.78 is 0. The minimum atomic E-state index is 0.557. The zero-order valence-electron chi connectivity index (χ0n) is 23.0. The second kappa shape index (κ2) is 15.9. The van der Waals surface area contributed by atoms with Crippen LogP contribution in [0.5, 0.6) is 0 Å². The molecule has 0 nitrogen and oxygen atoms in total. The number of rotatable bonds is 13. The van der Waals surface area contributed by atoms with E-state index in [9.17, 15) is 0 Å². The summed E-state index contributed by atoms with van der Waals surface area (Å²) in [6.07, 6.45) is 19.5. The highest BCUT2D eigenvalue weighted by Gasteiger charge is 2.21. The van der Waals surface area contributed by atoms with E-state index < -0.39 is 0 Å². The van der Waals surface area contributed by atoms with Crippen molar-refractivity contribution in [2.45, 2.75) is 129 Å². The summed E-state index contributed by atoms with van der Waals surface area (Å²) in [6.45, 7) is 6.90. The van der Waals surface area contributed by atoms with Crippen molar-refractivity contribution in [2.24, 2.45) is 5.92 Å². The molecule has 0 radical (unpaired) electrons. The molecular weight excluding hydrogens is 420 g/mol. The Bertz CT molecular complexity index is 886. The molecule has 1 aliphatic rings. The van der Waals surface area contributed by atoms with Gasteiger partial charge in [-0.3, -0.25) is 0 Å². The molecule has 0 saturated heterocycles. The maximum Gasteiger partial charge on any atom is 0.0280 e. The molecule has 1 aliphatic carbocycles. The Balaban J connectivity index is 1.52. The molecule has 0 aromatic heterocycles. The van der Waals surface area contributed by atoms with Crippen LogP contribution in [0.15, 0.2) is 48.5 Å². The second-order valence-corrected chi connectivity index (χ2v) is 10.9. The van der Waals surface area contributed by atoms with Crippen molar-refractivity contribution in [1.29, 1.82) is 0 Å². The fourth-order valence-corrected chi connectivity index (χ4v) is 5.86. The normalized spacial score (nSPS) is 18.6. The summed E-state index contributed by atoms with van der Waals surface area (Å²) in [5.41, 5.74) is 5.85. The average Bonchev–Trinajstić information content (AvgIpc) is 2.91. The highest BCUT2D eigenvalue weighted by atomic mass is 14.3. The Kier molecular flexibility index (Phi) is 12.5. The molecule has 0 spiro atoms. The van der Waals surface area contributed by atoms with E-state index in [1.165, 1.54) is 113 Å². The SMILES string of the molecule is CCCCCCCc1ccc([C@H]2CC[C@H](C#Cc3ccccc3C(CCC)CCCC)CC2)cc1. The van der Waals surface area contributed by atoms with Crippen molar-refractivity contribution in [3.63, 3.8) is 0 Å². The van der Waals surface area contributed by atoms with Gasteiger partial charge >= 0.3 is 0 Å². The van der Waals surface area contributed by atoms with Gasteiger partial charge in [-0.05, 0) is 86.0 Å². The zero-order chi connectivity index (χ0) is 24.7. The van der Waals surface area contributed by atoms with Gasteiger partial charge in [-0.25, -0.2) is 0 Å². The molecule has 2 aromatic rings. The van der Waals surface area contributed by atoms with Gasteiger partial charge in [-0.2, -0.15) is 0 Å². The van der Waals surface area contributed by atoms with Crippen LogP contribution >= 0.6 is 0 Å². The number of benzene rings is 2. The highest BCUT2D eigenvalue weighted by molar-refractivity contribution is 5.43. The van der Waals surface area contributed by atoms with Gasteiger partial charge in [-0.15, -0.1) is 0 Å². The predicted octanol–water partition coefficient (Wildman–Crippen LogP) is 10.6. The van der Waals surface area contributed by atoms with Gasteiger partial charge in [0, 0.05) is 11.5 Å². The van der Waals surface area contributed by atoms with Crippen molar-refractivity contribution in [2.75, 3.05) is 0 Å². The quantitative estimate of drug-likeness (QED) is 0.202. The van der Waals surface area contributed by atoms with E-state index in [0.29, 0.717) is 11.8 Å². The Morgan fingerprint density at radius 3 is 2.14 bits per heavy atom. The molecule has 1 saturated carbocycles.